The van der Waals surface area contributed by atoms with E-state index in [4.69, 9.17) is 16.3 Å². The second kappa shape index (κ2) is 10.2. The van der Waals surface area contributed by atoms with Gasteiger partial charge in [0.05, 0.1) is 16.8 Å². The van der Waals surface area contributed by atoms with Gasteiger partial charge in [0.15, 0.2) is 9.84 Å². The predicted octanol–water partition coefficient (Wildman–Crippen LogP) is 5.25. The SMILES string of the molecule is CCN(CC)C(=O)OC[C@H](C)[C@@H](c1cc(F)ccc1F)S(=O)(=O)c1ccc(Cl)cc1. The Labute approximate surface area is 180 Å². The van der Waals surface area contributed by atoms with Crippen LogP contribution in [0.2, 0.25) is 5.02 Å². The van der Waals surface area contributed by atoms with E-state index in [1.54, 1.807) is 13.8 Å². The van der Waals surface area contributed by atoms with Crippen molar-refractivity contribution in [3.8, 4) is 0 Å². The van der Waals surface area contributed by atoms with Crippen LogP contribution in [-0.4, -0.2) is 39.1 Å². The molecule has 5 nitrogen and oxygen atoms in total. The largest absolute Gasteiger partial charge is 0.449 e. The van der Waals surface area contributed by atoms with E-state index in [1.807, 2.05) is 0 Å². The number of sulfone groups is 1. The van der Waals surface area contributed by atoms with Gasteiger partial charge in [-0.1, -0.05) is 18.5 Å². The lowest BCUT2D eigenvalue weighted by molar-refractivity contribution is 0.0921. The number of carbonyl (C=O) groups excluding carboxylic acids is 1. The first-order valence-electron chi connectivity index (χ1n) is 9.47. The molecule has 0 aliphatic rings. The molecule has 0 unspecified atom stereocenters. The van der Waals surface area contributed by atoms with Gasteiger partial charge in [0.2, 0.25) is 0 Å². The molecule has 2 aromatic carbocycles. The van der Waals surface area contributed by atoms with Crippen LogP contribution < -0.4 is 0 Å². The van der Waals surface area contributed by atoms with Crippen LogP contribution in [0.15, 0.2) is 47.4 Å². The second-order valence-electron chi connectivity index (χ2n) is 6.81. The van der Waals surface area contributed by atoms with Crippen LogP contribution in [0.5, 0.6) is 0 Å². The van der Waals surface area contributed by atoms with Crippen LogP contribution in [0.3, 0.4) is 0 Å². The Morgan fingerprint density at radius 3 is 2.27 bits per heavy atom. The van der Waals surface area contributed by atoms with Crippen LogP contribution in [0, 0.1) is 17.6 Å². The zero-order valence-corrected chi connectivity index (χ0v) is 18.5. The molecular formula is C21H24ClF2NO4S. The highest BCUT2D eigenvalue weighted by atomic mass is 35.5. The van der Waals surface area contributed by atoms with E-state index >= 15 is 0 Å². The third-order valence-electron chi connectivity index (χ3n) is 4.75. The van der Waals surface area contributed by atoms with Crippen molar-refractivity contribution >= 4 is 27.5 Å². The maximum atomic E-state index is 14.6. The van der Waals surface area contributed by atoms with E-state index in [-0.39, 0.29) is 17.1 Å². The minimum atomic E-state index is -4.16. The molecule has 0 N–H and O–H groups in total. The zero-order valence-electron chi connectivity index (χ0n) is 16.9. The highest BCUT2D eigenvalue weighted by Crippen LogP contribution is 2.37. The van der Waals surface area contributed by atoms with Gasteiger partial charge in [-0.2, -0.15) is 0 Å². The molecule has 0 spiro atoms. The molecule has 0 fully saturated rings. The summed E-state index contributed by atoms with van der Waals surface area (Å²) in [7, 11) is -4.16. The monoisotopic (exact) mass is 459 g/mol. The van der Waals surface area contributed by atoms with Gasteiger partial charge in [0.1, 0.15) is 11.6 Å². The molecule has 30 heavy (non-hydrogen) atoms. The Bertz CT molecular complexity index is 979. The van der Waals surface area contributed by atoms with Gasteiger partial charge in [0, 0.05) is 29.6 Å². The van der Waals surface area contributed by atoms with Crippen LogP contribution in [-0.2, 0) is 14.6 Å². The van der Waals surface area contributed by atoms with Gasteiger partial charge in [-0.15, -0.1) is 0 Å². The number of halogens is 3. The molecule has 9 heteroatoms. The summed E-state index contributed by atoms with van der Waals surface area (Å²) in [4.78, 5) is 13.5. The van der Waals surface area contributed by atoms with Gasteiger partial charge in [-0.25, -0.2) is 22.0 Å². The van der Waals surface area contributed by atoms with Crippen molar-refractivity contribution in [2.24, 2.45) is 5.92 Å². The topological polar surface area (TPSA) is 63.7 Å². The van der Waals surface area contributed by atoms with E-state index < -0.39 is 38.7 Å². The number of amides is 1. The minimum absolute atomic E-state index is 0.0949. The molecule has 0 heterocycles. The summed E-state index contributed by atoms with van der Waals surface area (Å²) in [5.41, 5.74) is -0.323. The summed E-state index contributed by atoms with van der Waals surface area (Å²) in [5.74, 6) is -2.49. The average molecular weight is 460 g/mol. The minimum Gasteiger partial charge on any atom is -0.449 e. The Morgan fingerprint density at radius 2 is 1.70 bits per heavy atom. The number of ether oxygens (including phenoxy) is 1. The number of benzene rings is 2. The standard InChI is InChI=1S/C21H24ClF2NO4S/c1-4-25(5-2)21(26)29-13-14(3)20(18-12-16(23)8-11-19(18)24)30(27,28)17-9-6-15(22)7-10-17/h6-12,14,20H,4-5,13H2,1-3H3/t14-,20-/m0/s1. The first kappa shape index (κ1) is 24.1. The third-order valence-corrected chi connectivity index (χ3v) is 7.32. The number of rotatable bonds is 8. The summed E-state index contributed by atoms with van der Waals surface area (Å²) in [6.45, 7) is 5.64. The Morgan fingerprint density at radius 1 is 1.10 bits per heavy atom. The summed E-state index contributed by atoms with van der Waals surface area (Å²) in [6.07, 6.45) is -0.603. The first-order valence-corrected chi connectivity index (χ1v) is 11.4. The molecular weight excluding hydrogens is 436 g/mol. The molecule has 0 saturated carbocycles. The number of hydrogen-bond acceptors (Lipinski definition) is 4. The second-order valence-corrected chi connectivity index (χ2v) is 9.32. The quantitative estimate of drug-likeness (QED) is 0.541. The highest BCUT2D eigenvalue weighted by Gasteiger charge is 2.37. The predicted molar refractivity (Wildman–Crippen MR) is 111 cm³/mol. The molecule has 0 radical (unpaired) electrons. The molecule has 0 bridgehead atoms. The Kier molecular flexibility index (Phi) is 8.20. The highest BCUT2D eigenvalue weighted by molar-refractivity contribution is 7.91. The number of hydrogen-bond donors (Lipinski definition) is 0. The fourth-order valence-corrected chi connectivity index (χ4v) is 5.29. The molecule has 0 saturated heterocycles. The summed E-state index contributed by atoms with van der Waals surface area (Å²) < 4.78 is 60.4. The smallest absolute Gasteiger partial charge is 0.409 e. The summed E-state index contributed by atoms with van der Waals surface area (Å²) in [6, 6.07) is 8.06. The zero-order chi connectivity index (χ0) is 22.5. The lowest BCUT2D eigenvalue weighted by Crippen LogP contribution is -2.33. The lowest BCUT2D eigenvalue weighted by atomic mass is 10.0. The van der Waals surface area contributed by atoms with E-state index in [0.717, 1.165) is 18.2 Å². The van der Waals surface area contributed by atoms with Crippen molar-refractivity contribution in [3.05, 3.63) is 64.7 Å². The van der Waals surface area contributed by atoms with E-state index in [1.165, 1.54) is 36.1 Å². The molecule has 0 aromatic heterocycles. The third kappa shape index (κ3) is 5.49. The normalized spacial score (nSPS) is 13.5. The molecule has 1 amide bonds. The van der Waals surface area contributed by atoms with Crippen LogP contribution >= 0.6 is 11.6 Å². The van der Waals surface area contributed by atoms with Gasteiger partial charge in [0.25, 0.3) is 0 Å². The van der Waals surface area contributed by atoms with E-state index in [2.05, 4.69) is 0 Å². The maximum Gasteiger partial charge on any atom is 0.409 e. The van der Waals surface area contributed by atoms with Crippen molar-refractivity contribution in [1.29, 1.82) is 0 Å². The van der Waals surface area contributed by atoms with Crippen molar-refractivity contribution in [3.63, 3.8) is 0 Å². The van der Waals surface area contributed by atoms with Crippen LogP contribution in [0.1, 0.15) is 31.6 Å². The summed E-state index contributed by atoms with van der Waals surface area (Å²) >= 11 is 5.84. The molecule has 164 valence electrons. The van der Waals surface area contributed by atoms with Gasteiger partial charge >= 0.3 is 6.09 Å². The van der Waals surface area contributed by atoms with Crippen LogP contribution in [0.25, 0.3) is 0 Å². The Balaban J connectivity index is 2.45. The van der Waals surface area contributed by atoms with Gasteiger partial charge in [-0.05, 0) is 56.3 Å². The van der Waals surface area contributed by atoms with Gasteiger partial charge < -0.3 is 9.64 Å². The van der Waals surface area contributed by atoms with Crippen molar-refractivity contribution in [2.75, 3.05) is 19.7 Å². The molecule has 2 aromatic rings. The fourth-order valence-electron chi connectivity index (χ4n) is 3.15. The molecule has 2 atom stereocenters. The van der Waals surface area contributed by atoms with E-state index in [9.17, 15) is 22.0 Å². The van der Waals surface area contributed by atoms with E-state index in [0.29, 0.717) is 18.1 Å². The lowest BCUT2D eigenvalue weighted by Gasteiger charge is -2.26. The van der Waals surface area contributed by atoms with Crippen molar-refractivity contribution in [2.45, 2.75) is 30.9 Å². The number of nitrogens with zero attached hydrogens (tertiary/aromatic N) is 1. The molecule has 2 rings (SSSR count). The number of carbonyl (C=O) groups is 1. The van der Waals surface area contributed by atoms with Crippen molar-refractivity contribution < 1.29 is 26.7 Å². The van der Waals surface area contributed by atoms with Crippen LogP contribution in [0.4, 0.5) is 13.6 Å². The fraction of sp³-hybridized carbons (Fsp3) is 0.381. The first-order chi connectivity index (χ1) is 14.1. The Hall–Kier alpha value is -2.19. The maximum absolute atomic E-state index is 14.6. The summed E-state index contributed by atoms with van der Waals surface area (Å²) in [5, 5.41) is -1.14. The average Bonchev–Trinajstić information content (AvgIpc) is 2.70. The molecule has 0 aliphatic heterocycles. The van der Waals surface area contributed by atoms with Gasteiger partial charge in [-0.3, -0.25) is 0 Å². The van der Waals surface area contributed by atoms with Crippen molar-refractivity contribution in [1.82, 2.24) is 4.90 Å². The molecule has 0 aliphatic carbocycles.